The largest absolute Gasteiger partial charge is 0.368 e. The van der Waals surface area contributed by atoms with E-state index in [1.54, 1.807) is 25.1 Å². The highest BCUT2D eigenvalue weighted by molar-refractivity contribution is 7.99. The second-order valence-electron chi connectivity index (χ2n) is 7.54. The first-order valence-corrected chi connectivity index (χ1v) is 13.2. The van der Waals surface area contributed by atoms with Crippen LogP contribution in [-0.4, -0.2) is 14.4 Å². The number of thioether (sulfide) groups is 1. The number of anilines is 1. The molecule has 0 bridgehead atoms. The van der Waals surface area contributed by atoms with Crippen molar-refractivity contribution in [2.24, 2.45) is 10.1 Å². The highest BCUT2D eigenvalue weighted by atomic mass is 35.5. The molecule has 0 aliphatic heterocycles. The second kappa shape index (κ2) is 10.4. The molecule has 0 unspecified atom stereocenters. The predicted molar refractivity (Wildman–Crippen MR) is 142 cm³/mol. The van der Waals surface area contributed by atoms with Crippen LogP contribution in [0.3, 0.4) is 0 Å². The number of para-hydroxylation sites is 1. The maximum atomic E-state index is 13.2. The van der Waals surface area contributed by atoms with Crippen molar-refractivity contribution in [3.05, 3.63) is 101 Å². The van der Waals surface area contributed by atoms with E-state index >= 15 is 0 Å². The minimum absolute atomic E-state index is 0.0593. The first kappa shape index (κ1) is 23.9. The Morgan fingerprint density at radius 1 is 1.00 bits per heavy atom. The lowest BCUT2D eigenvalue weighted by Crippen LogP contribution is -2.36. The summed E-state index contributed by atoms with van der Waals surface area (Å²) in [6, 6.07) is 26.5. The standard InChI is InChI=1S/C25H23ClN4O2S2/c1-17-14-24(34(31,32)30-25(27)29-28-20-11-3-2-4-12-20)23(15-22(17)26)33-16-19-10-7-9-18-8-5-6-13-21(18)19/h2-15,28H,16H2,1H3,(H3,27,29,30). The monoisotopic (exact) mass is 510 g/mol. The normalized spacial score (nSPS) is 12.0. The summed E-state index contributed by atoms with van der Waals surface area (Å²) in [4.78, 5) is 0.570. The minimum atomic E-state index is -4.10. The van der Waals surface area contributed by atoms with Gasteiger partial charge in [-0.2, -0.15) is 8.42 Å². The summed E-state index contributed by atoms with van der Waals surface area (Å²) in [5.74, 6) is 0.289. The average molecular weight is 511 g/mol. The van der Waals surface area contributed by atoms with E-state index in [0.29, 0.717) is 26.9 Å². The number of sulfonamides is 1. The van der Waals surface area contributed by atoms with Crippen molar-refractivity contribution < 1.29 is 8.42 Å². The Kier molecular flexibility index (Phi) is 7.31. The van der Waals surface area contributed by atoms with Gasteiger partial charge < -0.3 is 5.73 Å². The number of guanidine groups is 1. The summed E-state index contributed by atoms with van der Waals surface area (Å²) in [6.07, 6.45) is 0. The maximum absolute atomic E-state index is 13.2. The van der Waals surface area contributed by atoms with Gasteiger partial charge in [0.2, 0.25) is 5.96 Å². The van der Waals surface area contributed by atoms with Crippen molar-refractivity contribution in [3.8, 4) is 0 Å². The first-order valence-electron chi connectivity index (χ1n) is 10.4. The number of nitrogens with zero attached hydrogens (tertiary/aromatic N) is 1. The molecule has 0 atom stereocenters. The molecule has 4 aromatic carbocycles. The molecule has 174 valence electrons. The summed E-state index contributed by atoms with van der Waals surface area (Å²) in [5.41, 5.74) is 13.7. The zero-order chi connectivity index (χ0) is 24.1. The fourth-order valence-electron chi connectivity index (χ4n) is 3.38. The van der Waals surface area contributed by atoms with Crippen molar-refractivity contribution >= 4 is 55.8 Å². The first-order chi connectivity index (χ1) is 16.3. The molecule has 0 amide bonds. The molecule has 0 spiro atoms. The number of fused-ring (bicyclic) bond motifs is 1. The molecule has 9 heteroatoms. The highest BCUT2D eigenvalue weighted by Gasteiger charge is 2.21. The number of hydrazine groups is 1. The average Bonchev–Trinajstić information content (AvgIpc) is 2.83. The van der Waals surface area contributed by atoms with E-state index < -0.39 is 10.0 Å². The highest BCUT2D eigenvalue weighted by Crippen LogP contribution is 2.35. The van der Waals surface area contributed by atoms with Crippen LogP contribution in [0, 0.1) is 6.92 Å². The molecule has 0 saturated heterocycles. The van der Waals surface area contributed by atoms with E-state index in [-0.39, 0.29) is 10.9 Å². The lowest BCUT2D eigenvalue weighted by Gasteiger charge is -2.13. The number of halogens is 1. The molecule has 6 nitrogen and oxygen atoms in total. The Morgan fingerprint density at radius 2 is 1.71 bits per heavy atom. The van der Waals surface area contributed by atoms with Gasteiger partial charge in [-0.05, 0) is 53.1 Å². The van der Waals surface area contributed by atoms with Gasteiger partial charge in [-0.25, -0.2) is 0 Å². The Hall–Kier alpha value is -3.20. The minimum Gasteiger partial charge on any atom is -0.368 e. The van der Waals surface area contributed by atoms with Crippen LogP contribution < -0.4 is 16.6 Å². The third-order valence-electron chi connectivity index (χ3n) is 5.09. The lowest BCUT2D eigenvalue weighted by molar-refractivity contribution is 0.595. The van der Waals surface area contributed by atoms with Gasteiger partial charge in [-0.1, -0.05) is 72.3 Å². The molecular weight excluding hydrogens is 488 g/mol. The van der Waals surface area contributed by atoms with E-state index in [9.17, 15) is 8.42 Å². The SMILES string of the molecule is Cc1cc(S(=O)(=O)/N=C(/N)NNc2ccccc2)c(SCc2cccc3ccccc23)cc1Cl. The number of nitrogens with one attached hydrogen (secondary N) is 2. The maximum Gasteiger partial charge on any atom is 0.286 e. The van der Waals surface area contributed by atoms with E-state index in [1.165, 1.54) is 17.8 Å². The van der Waals surface area contributed by atoms with Gasteiger partial charge in [-0.15, -0.1) is 16.2 Å². The molecule has 0 aliphatic carbocycles. The van der Waals surface area contributed by atoms with Crippen molar-refractivity contribution in [2.45, 2.75) is 22.5 Å². The fraction of sp³-hybridized carbons (Fsp3) is 0.0800. The third-order valence-corrected chi connectivity index (χ3v) is 8.06. The number of hydrogen-bond acceptors (Lipinski definition) is 4. The molecular formula is C25H23ClN4O2S2. The van der Waals surface area contributed by atoms with Crippen LogP contribution in [0.25, 0.3) is 10.8 Å². The quantitative estimate of drug-likeness (QED) is 0.127. The molecule has 0 radical (unpaired) electrons. The smallest absolute Gasteiger partial charge is 0.286 e. The number of benzene rings is 4. The van der Waals surface area contributed by atoms with E-state index in [1.807, 2.05) is 42.5 Å². The lowest BCUT2D eigenvalue weighted by atomic mass is 10.1. The summed E-state index contributed by atoms with van der Waals surface area (Å²) in [6.45, 7) is 1.75. The second-order valence-corrected chi connectivity index (χ2v) is 10.5. The van der Waals surface area contributed by atoms with E-state index in [2.05, 4.69) is 33.4 Å². The van der Waals surface area contributed by atoms with Gasteiger partial charge >= 0.3 is 0 Å². The summed E-state index contributed by atoms with van der Waals surface area (Å²) < 4.78 is 30.1. The molecule has 4 N–H and O–H groups in total. The Labute approximate surface area is 208 Å². The molecule has 4 rings (SSSR count). The molecule has 34 heavy (non-hydrogen) atoms. The van der Waals surface area contributed by atoms with Crippen LogP contribution >= 0.6 is 23.4 Å². The number of hydrogen-bond donors (Lipinski definition) is 3. The number of nitrogens with two attached hydrogens (primary N) is 1. The van der Waals surface area contributed by atoms with Gasteiger partial charge in [0, 0.05) is 15.7 Å². The Morgan fingerprint density at radius 3 is 2.50 bits per heavy atom. The molecule has 0 aromatic heterocycles. The van der Waals surface area contributed by atoms with E-state index in [0.717, 1.165) is 16.3 Å². The zero-order valence-corrected chi connectivity index (χ0v) is 20.7. The van der Waals surface area contributed by atoms with E-state index in [4.69, 9.17) is 17.3 Å². The molecule has 0 heterocycles. The van der Waals surface area contributed by atoms with Crippen LogP contribution in [0.2, 0.25) is 5.02 Å². The van der Waals surface area contributed by atoms with Gasteiger partial charge in [-0.3, -0.25) is 10.9 Å². The van der Waals surface area contributed by atoms with Crippen LogP contribution in [0.4, 0.5) is 5.69 Å². The number of aryl methyl sites for hydroxylation is 1. The molecule has 0 fully saturated rings. The topological polar surface area (TPSA) is 96.6 Å². The van der Waals surface area contributed by atoms with Crippen molar-refractivity contribution in [1.82, 2.24) is 5.43 Å². The molecule has 0 aliphatic rings. The molecule has 0 saturated carbocycles. The Balaban J connectivity index is 1.60. The van der Waals surface area contributed by atoms with Crippen molar-refractivity contribution in [1.29, 1.82) is 0 Å². The summed E-state index contributed by atoms with van der Waals surface area (Å²) in [7, 11) is -4.10. The Bertz CT molecular complexity index is 1450. The molecule has 4 aromatic rings. The predicted octanol–water partition coefficient (Wildman–Crippen LogP) is 5.71. The zero-order valence-electron chi connectivity index (χ0n) is 18.3. The van der Waals surface area contributed by atoms with Gasteiger partial charge in [0.25, 0.3) is 10.0 Å². The van der Waals surface area contributed by atoms with Gasteiger partial charge in [0.05, 0.1) is 5.69 Å². The summed E-state index contributed by atoms with van der Waals surface area (Å²) >= 11 is 7.74. The number of rotatable bonds is 7. The third kappa shape index (κ3) is 5.64. The van der Waals surface area contributed by atoms with Crippen LogP contribution in [0.5, 0.6) is 0 Å². The van der Waals surface area contributed by atoms with Gasteiger partial charge in [0.15, 0.2) is 0 Å². The van der Waals surface area contributed by atoms with Crippen LogP contribution in [-0.2, 0) is 15.8 Å². The fourth-order valence-corrected chi connectivity index (χ4v) is 6.11. The van der Waals surface area contributed by atoms with Crippen LogP contribution in [0.15, 0.2) is 99.1 Å². The van der Waals surface area contributed by atoms with Gasteiger partial charge in [0.1, 0.15) is 4.90 Å². The summed E-state index contributed by atoms with van der Waals surface area (Å²) in [5, 5.41) is 2.74. The van der Waals surface area contributed by atoms with Crippen molar-refractivity contribution in [3.63, 3.8) is 0 Å². The van der Waals surface area contributed by atoms with Crippen molar-refractivity contribution in [2.75, 3.05) is 5.43 Å². The van der Waals surface area contributed by atoms with Crippen LogP contribution in [0.1, 0.15) is 11.1 Å².